The van der Waals surface area contributed by atoms with Gasteiger partial charge in [0.25, 0.3) is 0 Å². The summed E-state index contributed by atoms with van der Waals surface area (Å²) in [6.45, 7) is 15.1. The summed E-state index contributed by atoms with van der Waals surface area (Å²) >= 11 is 0. The van der Waals surface area contributed by atoms with Crippen LogP contribution in [0.3, 0.4) is 0 Å². The molecule has 98 valence electrons. The van der Waals surface area contributed by atoms with Gasteiger partial charge in [0, 0.05) is 23.3 Å². The average molecular weight is 236 g/mol. The molecule has 1 aliphatic rings. The van der Waals surface area contributed by atoms with Gasteiger partial charge >= 0.3 is 0 Å². The molecule has 2 unspecified atom stereocenters. The second-order valence-electron chi connectivity index (χ2n) is 6.36. The predicted octanol–water partition coefficient (Wildman–Crippen LogP) is 3.45. The van der Waals surface area contributed by atoms with Crippen molar-refractivity contribution in [3.8, 4) is 0 Å². The van der Waals surface area contributed by atoms with Crippen molar-refractivity contribution in [2.45, 2.75) is 71.0 Å². The van der Waals surface area contributed by atoms with Gasteiger partial charge in [-0.3, -0.25) is 0 Å². The van der Waals surface area contributed by atoms with Crippen molar-refractivity contribution in [1.29, 1.82) is 0 Å². The minimum atomic E-state index is 0.119. The molecular weight excluding hydrogens is 208 g/mol. The van der Waals surface area contributed by atoms with E-state index in [1.807, 2.05) is 6.92 Å². The first-order chi connectivity index (χ1) is 7.71. The molecule has 2 atom stereocenters. The predicted molar refractivity (Wildman–Crippen MR) is 75.8 cm³/mol. The minimum absolute atomic E-state index is 0.119. The van der Waals surface area contributed by atoms with E-state index in [2.05, 4.69) is 51.4 Å². The summed E-state index contributed by atoms with van der Waals surface area (Å²) in [4.78, 5) is 2.48. The number of nitrogens with zero attached hydrogens (tertiary/aromatic N) is 1. The number of likely N-dealkylation sites (tertiary alicyclic amines) is 1. The van der Waals surface area contributed by atoms with Gasteiger partial charge in [-0.1, -0.05) is 19.1 Å². The summed E-state index contributed by atoms with van der Waals surface area (Å²) in [7, 11) is 0. The van der Waals surface area contributed by atoms with Crippen LogP contribution in [0.1, 0.15) is 53.9 Å². The zero-order valence-corrected chi connectivity index (χ0v) is 12.1. The average Bonchev–Trinajstić information content (AvgIpc) is 2.14. The Morgan fingerprint density at radius 2 is 2.00 bits per heavy atom. The zero-order valence-electron chi connectivity index (χ0n) is 12.1. The molecule has 1 rings (SSSR count). The number of hydrogen-bond acceptors (Lipinski definition) is 2. The molecule has 0 aromatic carbocycles. The lowest BCUT2D eigenvalue weighted by molar-refractivity contribution is -0.00479. The van der Waals surface area contributed by atoms with Crippen LogP contribution in [0.4, 0.5) is 0 Å². The molecule has 1 saturated heterocycles. The van der Waals surface area contributed by atoms with Gasteiger partial charge < -0.3 is 10.6 Å². The highest BCUT2D eigenvalue weighted by molar-refractivity contribution is 5.15. The largest absolute Gasteiger partial charge is 0.367 e. The van der Waals surface area contributed by atoms with Gasteiger partial charge in [0.15, 0.2) is 0 Å². The number of nitrogens with two attached hydrogens (primary N) is 1. The van der Waals surface area contributed by atoms with Gasteiger partial charge in [-0.25, -0.2) is 0 Å². The van der Waals surface area contributed by atoms with Crippen LogP contribution < -0.4 is 5.73 Å². The monoisotopic (exact) mass is 236 g/mol. The number of rotatable bonds is 3. The van der Waals surface area contributed by atoms with Crippen molar-refractivity contribution in [3.63, 3.8) is 0 Å². The maximum absolute atomic E-state index is 6.21. The highest BCUT2D eigenvalue weighted by Crippen LogP contribution is 2.40. The Bertz CT molecular complexity index is 317. The van der Waals surface area contributed by atoms with Crippen LogP contribution in [0.2, 0.25) is 0 Å². The fourth-order valence-corrected chi connectivity index (χ4v) is 3.10. The Kier molecular flexibility index (Phi) is 4.08. The van der Waals surface area contributed by atoms with Crippen molar-refractivity contribution in [2.75, 3.05) is 0 Å². The maximum atomic E-state index is 6.21. The van der Waals surface area contributed by atoms with E-state index in [0.29, 0.717) is 6.04 Å². The Balaban J connectivity index is 3.04. The van der Waals surface area contributed by atoms with Gasteiger partial charge in [0.1, 0.15) is 0 Å². The Labute approximate surface area is 107 Å². The van der Waals surface area contributed by atoms with Crippen LogP contribution in [0, 0.1) is 0 Å². The van der Waals surface area contributed by atoms with E-state index >= 15 is 0 Å². The van der Waals surface area contributed by atoms with Crippen molar-refractivity contribution >= 4 is 0 Å². The minimum Gasteiger partial charge on any atom is -0.367 e. The lowest BCUT2D eigenvalue weighted by Crippen LogP contribution is -2.61. The van der Waals surface area contributed by atoms with Gasteiger partial charge in [0.05, 0.1) is 0 Å². The second-order valence-corrected chi connectivity index (χ2v) is 6.36. The highest BCUT2D eigenvalue weighted by atomic mass is 15.3. The van der Waals surface area contributed by atoms with Crippen molar-refractivity contribution in [2.24, 2.45) is 5.73 Å². The van der Waals surface area contributed by atoms with Crippen molar-refractivity contribution in [3.05, 3.63) is 24.4 Å². The molecule has 0 spiro atoms. The third kappa shape index (κ3) is 3.12. The van der Waals surface area contributed by atoms with E-state index < -0.39 is 0 Å². The smallest absolute Gasteiger partial charge is 0.0386 e. The number of allylic oxidation sites excluding steroid dienone is 2. The molecule has 1 aliphatic heterocycles. The first-order valence-electron chi connectivity index (χ1n) is 6.60. The Morgan fingerprint density at radius 3 is 2.47 bits per heavy atom. The van der Waals surface area contributed by atoms with Crippen LogP contribution in [0.25, 0.3) is 0 Å². The molecule has 0 aliphatic carbocycles. The molecule has 1 fully saturated rings. The first kappa shape index (κ1) is 14.3. The quantitative estimate of drug-likeness (QED) is 0.761. The lowest BCUT2D eigenvalue weighted by Gasteiger charge is -2.56. The third-order valence-corrected chi connectivity index (χ3v) is 3.97. The summed E-state index contributed by atoms with van der Waals surface area (Å²) < 4.78 is 0. The normalized spacial score (nSPS) is 33.1. The van der Waals surface area contributed by atoms with Crippen molar-refractivity contribution < 1.29 is 0 Å². The van der Waals surface area contributed by atoms with E-state index in [0.717, 1.165) is 24.8 Å². The molecule has 2 N–H and O–H groups in total. The molecule has 2 nitrogen and oxygen atoms in total. The van der Waals surface area contributed by atoms with Crippen LogP contribution in [0.15, 0.2) is 24.4 Å². The van der Waals surface area contributed by atoms with Crippen LogP contribution in [-0.4, -0.2) is 22.0 Å². The van der Waals surface area contributed by atoms with Crippen LogP contribution >= 0.6 is 0 Å². The molecule has 0 aromatic rings. The van der Waals surface area contributed by atoms with Gasteiger partial charge in [0.2, 0.25) is 0 Å². The number of hydrogen-bond donors (Lipinski definition) is 1. The molecule has 2 heteroatoms. The SMILES string of the molecule is C=C(C)C=CN1C(C)(C)CC(N)CC1(C)CC. The van der Waals surface area contributed by atoms with E-state index in [1.165, 1.54) is 0 Å². The topological polar surface area (TPSA) is 29.3 Å². The van der Waals surface area contributed by atoms with E-state index in [9.17, 15) is 0 Å². The summed E-state index contributed by atoms with van der Waals surface area (Å²) in [5.41, 5.74) is 7.58. The molecule has 0 amide bonds. The molecule has 17 heavy (non-hydrogen) atoms. The standard InChI is InChI=1S/C15H28N2/c1-7-15(6)11-13(16)10-14(4,5)17(15)9-8-12(2)3/h8-9,13H,2,7,10-11,16H2,1,3-6H3. The Morgan fingerprint density at radius 1 is 1.41 bits per heavy atom. The molecule has 0 aromatic heterocycles. The first-order valence-corrected chi connectivity index (χ1v) is 6.60. The number of piperidine rings is 1. The van der Waals surface area contributed by atoms with Crippen LogP contribution in [0.5, 0.6) is 0 Å². The summed E-state index contributed by atoms with van der Waals surface area (Å²) in [6.07, 6.45) is 7.53. The fourth-order valence-electron chi connectivity index (χ4n) is 3.10. The molecule has 0 radical (unpaired) electrons. The fraction of sp³-hybridized carbons (Fsp3) is 0.733. The van der Waals surface area contributed by atoms with E-state index in [1.54, 1.807) is 0 Å². The molecule has 1 heterocycles. The summed E-state index contributed by atoms with van der Waals surface area (Å²) in [5, 5.41) is 0. The molecule has 0 saturated carbocycles. The van der Waals surface area contributed by atoms with Gasteiger partial charge in [-0.15, -0.1) is 0 Å². The Hall–Kier alpha value is -0.760. The maximum Gasteiger partial charge on any atom is 0.0386 e. The van der Waals surface area contributed by atoms with Crippen molar-refractivity contribution in [1.82, 2.24) is 4.90 Å². The third-order valence-electron chi connectivity index (χ3n) is 3.97. The molecular formula is C15H28N2. The highest BCUT2D eigenvalue weighted by Gasteiger charge is 2.44. The van der Waals surface area contributed by atoms with Gasteiger partial charge in [-0.2, -0.15) is 0 Å². The summed E-state index contributed by atoms with van der Waals surface area (Å²) in [6, 6.07) is 0.310. The summed E-state index contributed by atoms with van der Waals surface area (Å²) in [5.74, 6) is 0. The van der Waals surface area contributed by atoms with E-state index in [4.69, 9.17) is 5.73 Å². The molecule has 0 bridgehead atoms. The van der Waals surface area contributed by atoms with Gasteiger partial charge in [-0.05, 0) is 53.0 Å². The second kappa shape index (κ2) is 4.85. The lowest BCUT2D eigenvalue weighted by atomic mass is 9.75. The zero-order chi connectivity index (χ0) is 13.3. The van der Waals surface area contributed by atoms with E-state index in [-0.39, 0.29) is 11.1 Å². The van der Waals surface area contributed by atoms with Crippen LogP contribution in [-0.2, 0) is 0 Å².